The molecule has 0 saturated carbocycles. The Morgan fingerprint density at radius 1 is 1.63 bits per heavy atom. The molecule has 1 atom stereocenters. The fourth-order valence-corrected chi connectivity index (χ4v) is 2.53. The Morgan fingerprint density at radius 3 is 3.00 bits per heavy atom. The molecule has 104 valence electrons. The Hall–Kier alpha value is -1.13. The van der Waals surface area contributed by atoms with Crippen LogP contribution in [0.15, 0.2) is 12.3 Å². The number of aryl methyl sites for hydroxylation is 1. The molecule has 19 heavy (non-hydrogen) atoms. The first-order valence-corrected chi connectivity index (χ1v) is 7.02. The van der Waals surface area contributed by atoms with Crippen molar-refractivity contribution in [3.8, 4) is 0 Å². The predicted molar refractivity (Wildman–Crippen MR) is 74.5 cm³/mol. The van der Waals surface area contributed by atoms with Gasteiger partial charge in [0.2, 0.25) is 0 Å². The smallest absolute Gasteiger partial charge is 0.257 e. The van der Waals surface area contributed by atoms with E-state index in [9.17, 15) is 4.79 Å². The number of ether oxygens (including phenoxy) is 1. The van der Waals surface area contributed by atoms with E-state index in [1.54, 1.807) is 17.2 Å². The summed E-state index contributed by atoms with van der Waals surface area (Å²) in [7, 11) is 0. The van der Waals surface area contributed by atoms with Crippen LogP contribution in [0.3, 0.4) is 0 Å². The lowest BCUT2D eigenvalue weighted by molar-refractivity contribution is 0.0539. The lowest BCUT2D eigenvalue weighted by Gasteiger charge is -2.24. The first-order valence-electron chi connectivity index (χ1n) is 6.64. The summed E-state index contributed by atoms with van der Waals surface area (Å²) in [4.78, 5) is 18.4. The molecule has 1 aliphatic rings. The molecular formula is C14H19ClN2O2. The number of amides is 1. The lowest BCUT2D eigenvalue weighted by Crippen LogP contribution is -2.37. The summed E-state index contributed by atoms with van der Waals surface area (Å²) in [6.45, 7) is 5.87. The lowest BCUT2D eigenvalue weighted by atomic mass is 10.2. The second kappa shape index (κ2) is 6.35. The van der Waals surface area contributed by atoms with Crippen molar-refractivity contribution in [2.75, 3.05) is 19.7 Å². The van der Waals surface area contributed by atoms with Gasteiger partial charge < -0.3 is 9.64 Å². The van der Waals surface area contributed by atoms with Crippen LogP contribution >= 0.6 is 11.6 Å². The van der Waals surface area contributed by atoms with E-state index in [2.05, 4.69) is 4.98 Å². The molecule has 1 aromatic heterocycles. The monoisotopic (exact) mass is 282 g/mol. The highest BCUT2D eigenvalue weighted by molar-refractivity contribution is 6.33. The maximum Gasteiger partial charge on any atom is 0.257 e. The Balaban J connectivity index is 2.10. The summed E-state index contributed by atoms with van der Waals surface area (Å²) >= 11 is 6.12. The van der Waals surface area contributed by atoms with Gasteiger partial charge in [-0.05, 0) is 32.8 Å². The largest absolute Gasteiger partial charge is 0.376 e. The Morgan fingerprint density at radius 2 is 2.42 bits per heavy atom. The van der Waals surface area contributed by atoms with E-state index in [0.717, 1.165) is 25.1 Å². The second-order valence-corrected chi connectivity index (χ2v) is 5.19. The van der Waals surface area contributed by atoms with Gasteiger partial charge in [-0.25, -0.2) is 0 Å². The molecule has 0 aromatic carbocycles. The molecule has 2 rings (SSSR count). The Kier molecular flexibility index (Phi) is 4.77. The summed E-state index contributed by atoms with van der Waals surface area (Å²) in [6, 6.07) is 1.72. The number of halogens is 1. The minimum Gasteiger partial charge on any atom is -0.376 e. The van der Waals surface area contributed by atoms with E-state index in [4.69, 9.17) is 16.3 Å². The number of rotatable bonds is 4. The van der Waals surface area contributed by atoms with Gasteiger partial charge in [-0.15, -0.1) is 0 Å². The van der Waals surface area contributed by atoms with E-state index in [1.165, 1.54) is 0 Å². The van der Waals surface area contributed by atoms with Crippen LogP contribution in [0, 0.1) is 6.92 Å². The van der Waals surface area contributed by atoms with Crippen molar-refractivity contribution in [3.05, 3.63) is 28.5 Å². The molecular weight excluding hydrogens is 264 g/mol. The number of carbonyl (C=O) groups excluding carboxylic acids is 1. The molecule has 1 unspecified atom stereocenters. The number of nitrogens with zero attached hydrogens (tertiary/aromatic N) is 2. The zero-order valence-electron chi connectivity index (χ0n) is 11.4. The van der Waals surface area contributed by atoms with Crippen LogP contribution in [0.5, 0.6) is 0 Å². The number of carbonyl (C=O) groups is 1. The van der Waals surface area contributed by atoms with Gasteiger partial charge in [0.25, 0.3) is 5.91 Å². The summed E-state index contributed by atoms with van der Waals surface area (Å²) in [6.07, 6.45) is 3.80. The molecule has 0 bridgehead atoms. The molecule has 0 N–H and O–H groups in total. The maximum atomic E-state index is 12.4. The van der Waals surface area contributed by atoms with E-state index in [-0.39, 0.29) is 12.0 Å². The topological polar surface area (TPSA) is 42.4 Å². The maximum absolute atomic E-state index is 12.4. The molecule has 1 aromatic rings. The average molecular weight is 283 g/mol. The minimum atomic E-state index is -0.0736. The predicted octanol–water partition coefficient (Wildman–Crippen LogP) is 2.68. The van der Waals surface area contributed by atoms with Crippen molar-refractivity contribution in [2.45, 2.75) is 32.8 Å². The van der Waals surface area contributed by atoms with Crippen LogP contribution in [-0.4, -0.2) is 41.6 Å². The molecule has 1 aliphatic heterocycles. The third kappa shape index (κ3) is 3.45. The van der Waals surface area contributed by atoms with Crippen molar-refractivity contribution in [3.63, 3.8) is 0 Å². The van der Waals surface area contributed by atoms with Crippen molar-refractivity contribution in [1.29, 1.82) is 0 Å². The van der Waals surface area contributed by atoms with Crippen LogP contribution in [0.4, 0.5) is 0 Å². The third-order valence-corrected chi connectivity index (χ3v) is 3.65. The minimum absolute atomic E-state index is 0.0736. The standard InChI is InChI=1S/C14H19ClN2O2/c1-3-17(9-11-5-4-6-19-11)14(18)12-8-16-10(2)7-13(12)15/h7-8,11H,3-6,9H2,1-2H3. The van der Waals surface area contributed by atoms with E-state index >= 15 is 0 Å². The first kappa shape index (κ1) is 14.3. The van der Waals surface area contributed by atoms with E-state index in [1.807, 2.05) is 13.8 Å². The van der Waals surface area contributed by atoms with Crippen molar-refractivity contribution in [1.82, 2.24) is 9.88 Å². The highest BCUT2D eigenvalue weighted by Gasteiger charge is 2.23. The van der Waals surface area contributed by atoms with Gasteiger partial charge in [-0.1, -0.05) is 11.6 Å². The van der Waals surface area contributed by atoms with Crippen LogP contribution in [-0.2, 0) is 4.74 Å². The van der Waals surface area contributed by atoms with Crippen LogP contribution in [0.1, 0.15) is 35.8 Å². The highest BCUT2D eigenvalue weighted by atomic mass is 35.5. The van der Waals surface area contributed by atoms with E-state index in [0.29, 0.717) is 23.7 Å². The first-order chi connectivity index (χ1) is 9.11. The van der Waals surface area contributed by atoms with Crippen LogP contribution in [0.25, 0.3) is 0 Å². The molecule has 1 amide bonds. The zero-order valence-corrected chi connectivity index (χ0v) is 12.1. The van der Waals surface area contributed by atoms with Crippen molar-refractivity contribution < 1.29 is 9.53 Å². The number of pyridine rings is 1. The van der Waals surface area contributed by atoms with Crippen LogP contribution < -0.4 is 0 Å². The van der Waals surface area contributed by atoms with E-state index < -0.39 is 0 Å². The normalized spacial score (nSPS) is 18.6. The van der Waals surface area contributed by atoms with Gasteiger partial charge in [0.05, 0.1) is 16.7 Å². The molecule has 1 saturated heterocycles. The highest BCUT2D eigenvalue weighted by Crippen LogP contribution is 2.19. The molecule has 1 fully saturated rings. The SMILES string of the molecule is CCN(CC1CCCO1)C(=O)c1cnc(C)cc1Cl. The fourth-order valence-electron chi connectivity index (χ4n) is 2.24. The van der Waals surface area contributed by atoms with Gasteiger partial charge in [0, 0.05) is 31.6 Å². The number of aromatic nitrogens is 1. The number of likely N-dealkylation sites (N-methyl/N-ethyl adjacent to an activating group) is 1. The number of hydrogen-bond acceptors (Lipinski definition) is 3. The Labute approximate surface area is 118 Å². The summed E-state index contributed by atoms with van der Waals surface area (Å²) in [5.74, 6) is -0.0736. The van der Waals surface area contributed by atoms with Crippen molar-refractivity contribution in [2.24, 2.45) is 0 Å². The summed E-state index contributed by atoms with van der Waals surface area (Å²) in [5, 5.41) is 0.461. The van der Waals surface area contributed by atoms with Gasteiger partial charge in [-0.2, -0.15) is 0 Å². The number of hydrogen-bond donors (Lipinski definition) is 0. The molecule has 0 radical (unpaired) electrons. The average Bonchev–Trinajstić information content (AvgIpc) is 2.88. The Bertz CT molecular complexity index is 459. The van der Waals surface area contributed by atoms with Gasteiger partial charge in [0.1, 0.15) is 0 Å². The van der Waals surface area contributed by atoms with Crippen molar-refractivity contribution >= 4 is 17.5 Å². The summed E-state index contributed by atoms with van der Waals surface area (Å²) in [5.41, 5.74) is 1.27. The fraction of sp³-hybridized carbons (Fsp3) is 0.571. The quantitative estimate of drug-likeness (QED) is 0.853. The van der Waals surface area contributed by atoms with Gasteiger partial charge >= 0.3 is 0 Å². The van der Waals surface area contributed by atoms with Gasteiger partial charge in [-0.3, -0.25) is 9.78 Å². The summed E-state index contributed by atoms with van der Waals surface area (Å²) < 4.78 is 5.58. The molecule has 0 spiro atoms. The molecule has 2 heterocycles. The molecule has 5 heteroatoms. The van der Waals surface area contributed by atoms with Crippen LogP contribution in [0.2, 0.25) is 5.02 Å². The second-order valence-electron chi connectivity index (χ2n) is 4.78. The molecule has 4 nitrogen and oxygen atoms in total. The molecule has 0 aliphatic carbocycles. The zero-order chi connectivity index (χ0) is 13.8. The third-order valence-electron chi connectivity index (χ3n) is 3.34. The van der Waals surface area contributed by atoms with Gasteiger partial charge in [0.15, 0.2) is 0 Å².